The van der Waals surface area contributed by atoms with Gasteiger partial charge in [0.25, 0.3) is 5.56 Å². The van der Waals surface area contributed by atoms with Crippen molar-refractivity contribution in [3.05, 3.63) is 28.8 Å². The molecule has 3 rings (SSSR count). The number of aliphatic hydroxyl groups is 2. The Balaban J connectivity index is 1.55. The third-order valence-corrected chi connectivity index (χ3v) is 9.12. The normalized spacial score (nSPS) is 25.3. The maximum absolute atomic E-state index is 12.4. The third kappa shape index (κ3) is 7.54. The quantitative estimate of drug-likeness (QED) is 0.0793. The molecular weight excluding hydrogens is 540 g/mol. The van der Waals surface area contributed by atoms with Crippen molar-refractivity contribution in [1.29, 1.82) is 0 Å². The Labute approximate surface area is 208 Å². The first-order valence-corrected chi connectivity index (χ1v) is 14.3. The van der Waals surface area contributed by atoms with E-state index in [1.54, 1.807) is 0 Å². The van der Waals surface area contributed by atoms with Crippen LogP contribution < -0.4 is 11.3 Å². The first kappa shape index (κ1) is 29.1. The number of nitrogens with two attached hydrogens (primary N) is 1. The fourth-order valence-corrected chi connectivity index (χ4v) is 6.63. The summed E-state index contributed by atoms with van der Waals surface area (Å²) >= 11 is 0. The summed E-state index contributed by atoms with van der Waals surface area (Å²) in [5.74, 6) is -2.01. The molecule has 17 nitrogen and oxygen atoms in total. The smallest absolute Gasteiger partial charge is 0.340 e. The van der Waals surface area contributed by atoms with Crippen LogP contribution in [0.3, 0.4) is 0 Å². The number of imidazole rings is 1. The number of carbonyl (C=O) groups excluding carboxylic acids is 1. The molecule has 0 amide bonds. The standard InChI is InChI=1S/C18H27N5O12P2/c1-32-11(24)5-3-2-4-6-33-36(28,29)9-37(30,31)34-7-10-13(25)14(26)17(35-10)23-8-20-12-15(23)21-18(19)22-16(12)27/h3,5,8,10,13-14,17,25-26H,2,4,6-7,9H2,1H3,(H,28,29)(H,30,31)(H3,19,21,22,27)/b5-3+/t10-,13-,14-,17-/m1/s1. The second-order valence-electron chi connectivity index (χ2n) is 7.93. The van der Waals surface area contributed by atoms with Crippen molar-refractivity contribution in [1.82, 2.24) is 19.5 Å². The minimum atomic E-state index is -4.70. The maximum atomic E-state index is 12.4. The van der Waals surface area contributed by atoms with Crippen LogP contribution in [-0.2, 0) is 32.4 Å². The van der Waals surface area contributed by atoms with E-state index in [0.717, 1.165) is 10.9 Å². The van der Waals surface area contributed by atoms with Crippen LogP contribution in [0.25, 0.3) is 11.2 Å². The summed E-state index contributed by atoms with van der Waals surface area (Å²) in [6.45, 7) is -0.971. The van der Waals surface area contributed by atoms with Gasteiger partial charge in [-0.25, -0.2) is 9.78 Å². The van der Waals surface area contributed by atoms with Gasteiger partial charge in [0.15, 0.2) is 23.3 Å². The van der Waals surface area contributed by atoms with Gasteiger partial charge in [-0.15, -0.1) is 0 Å². The molecule has 37 heavy (non-hydrogen) atoms. The molecule has 1 saturated heterocycles. The lowest BCUT2D eigenvalue weighted by Gasteiger charge is -2.19. The van der Waals surface area contributed by atoms with Gasteiger partial charge in [0, 0.05) is 6.08 Å². The first-order valence-electron chi connectivity index (χ1n) is 10.7. The summed E-state index contributed by atoms with van der Waals surface area (Å²) in [7, 11) is -8.03. The lowest BCUT2D eigenvalue weighted by atomic mass is 10.1. The summed E-state index contributed by atoms with van der Waals surface area (Å²) in [4.78, 5) is 52.9. The lowest BCUT2D eigenvalue weighted by molar-refractivity contribution is -0.134. The molecule has 1 aliphatic heterocycles. The van der Waals surface area contributed by atoms with Gasteiger partial charge in [-0.05, 0) is 12.8 Å². The molecule has 7 N–H and O–H groups in total. The number of unbranched alkanes of at least 4 members (excludes halogenated alkanes) is 1. The largest absolute Gasteiger partial charge is 0.466 e. The summed E-state index contributed by atoms with van der Waals surface area (Å²) in [5.41, 5.74) is 4.77. The van der Waals surface area contributed by atoms with Crippen molar-refractivity contribution in [3.63, 3.8) is 0 Å². The zero-order chi connectivity index (χ0) is 27.4. The number of rotatable bonds is 12. The Morgan fingerprint density at radius 2 is 1.97 bits per heavy atom. The minimum absolute atomic E-state index is 0.0361. The van der Waals surface area contributed by atoms with Crippen LogP contribution in [0.5, 0.6) is 0 Å². The van der Waals surface area contributed by atoms with E-state index in [9.17, 15) is 38.7 Å². The molecule has 19 heteroatoms. The molecule has 2 aromatic heterocycles. The number of hydrogen-bond acceptors (Lipinski definition) is 13. The number of nitrogen functional groups attached to an aromatic ring is 1. The highest BCUT2D eigenvalue weighted by Crippen LogP contribution is 2.58. The Kier molecular flexibility index (Phi) is 9.39. The highest BCUT2D eigenvalue weighted by Gasteiger charge is 2.46. The van der Waals surface area contributed by atoms with Gasteiger partial charge < -0.3 is 44.3 Å². The van der Waals surface area contributed by atoms with Crippen molar-refractivity contribution in [2.24, 2.45) is 0 Å². The van der Waals surface area contributed by atoms with E-state index in [4.69, 9.17) is 19.5 Å². The number of aromatic amines is 1. The van der Waals surface area contributed by atoms with Crippen LogP contribution in [0.1, 0.15) is 19.1 Å². The van der Waals surface area contributed by atoms with E-state index >= 15 is 0 Å². The zero-order valence-corrected chi connectivity index (χ0v) is 21.2. The van der Waals surface area contributed by atoms with Crippen LogP contribution in [0.15, 0.2) is 23.3 Å². The summed E-state index contributed by atoms with van der Waals surface area (Å²) in [6.07, 6.45) is -1.46. The van der Waals surface area contributed by atoms with E-state index in [2.05, 4.69) is 19.7 Å². The van der Waals surface area contributed by atoms with Crippen LogP contribution >= 0.6 is 15.2 Å². The monoisotopic (exact) mass is 567 g/mol. The average molecular weight is 567 g/mol. The number of anilines is 1. The minimum Gasteiger partial charge on any atom is -0.466 e. The molecule has 0 saturated carbocycles. The third-order valence-electron chi connectivity index (χ3n) is 5.12. The van der Waals surface area contributed by atoms with Crippen molar-refractivity contribution in [2.75, 3.05) is 32.0 Å². The fourth-order valence-electron chi connectivity index (χ4n) is 3.38. The van der Waals surface area contributed by atoms with Crippen LogP contribution in [0, 0.1) is 0 Å². The molecule has 2 aromatic rings. The van der Waals surface area contributed by atoms with Crippen molar-refractivity contribution in [3.8, 4) is 0 Å². The van der Waals surface area contributed by atoms with E-state index < -0.39 is 63.8 Å². The van der Waals surface area contributed by atoms with Gasteiger partial charge in [-0.3, -0.25) is 23.5 Å². The lowest BCUT2D eigenvalue weighted by Crippen LogP contribution is -2.33. The molecule has 206 valence electrons. The van der Waals surface area contributed by atoms with Crippen LogP contribution in [0.4, 0.5) is 5.95 Å². The molecule has 0 bridgehead atoms. The molecule has 6 atom stereocenters. The number of nitrogens with one attached hydrogen (secondary N) is 1. The predicted octanol–water partition coefficient (Wildman–Crippen LogP) is -0.808. The molecule has 0 aliphatic carbocycles. The molecule has 0 aromatic carbocycles. The van der Waals surface area contributed by atoms with Gasteiger partial charge in [0.1, 0.15) is 18.3 Å². The summed E-state index contributed by atoms with van der Waals surface area (Å²) < 4.78 is 45.3. The van der Waals surface area contributed by atoms with E-state index in [1.165, 1.54) is 19.3 Å². The average Bonchev–Trinajstić information content (AvgIpc) is 3.35. The number of aliphatic hydroxyl groups excluding tert-OH is 2. The van der Waals surface area contributed by atoms with E-state index in [1.807, 2.05) is 0 Å². The fraction of sp³-hybridized carbons (Fsp3) is 0.556. The van der Waals surface area contributed by atoms with Gasteiger partial charge in [-0.1, -0.05) is 6.08 Å². The first-order chi connectivity index (χ1) is 17.3. The van der Waals surface area contributed by atoms with Crippen molar-refractivity contribution < 1.29 is 52.4 Å². The number of nitrogens with zero attached hydrogens (tertiary/aromatic N) is 3. The maximum Gasteiger partial charge on any atom is 0.340 e. The highest BCUT2D eigenvalue weighted by molar-refractivity contribution is 7.70. The molecule has 1 aliphatic rings. The Morgan fingerprint density at radius 3 is 2.68 bits per heavy atom. The summed E-state index contributed by atoms with van der Waals surface area (Å²) in [5, 5.41) is 20.8. The van der Waals surface area contributed by atoms with Crippen LogP contribution in [-0.4, -0.2) is 90.0 Å². The summed E-state index contributed by atoms with van der Waals surface area (Å²) in [6, 6.07) is 0. The zero-order valence-electron chi connectivity index (χ0n) is 19.4. The number of carbonyl (C=O) groups is 1. The molecule has 1 fully saturated rings. The predicted molar refractivity (Wildman–Crippen MR) is 125 cm³/mol. The number of H-pyrrole nitrogens is 1. The molecule has 3 heterocycles. The Hall–Kier alpha value is -2.46. The molecule has 0 spiro atoms. The number of ether oxygens (including phenoxy) is 2. The number of hydrogen-bond donors (Lipinski definition) is 6. The van der Waals surface area contributed by atoms with Crippen molar-refractivity contribution >= 4 is 38.3 Å². The van der Waals surface area contributed by atoms with Gasteiger partial charge in [0.05, 0.1) is 26.7 Å². The van der Waals surface area contributed by atoms with Crippen molar-refractivity contribution in [2.45, 2.75) is 37.4 Å². The second kappa shape index (κ2) is 11.9. The SMILES string of the molecule is COC(=O)/C=C/CCCOP(=O)(O)CP(=O)(O)OC[C@H]1O[C@@H](n2cnc3c(=O)[nH]c(N)nc32)[C@H](O)[C@@H]1O. The number of fused-ring (bicyclic) bond motifs is 1. The Morgan fingerprint density at radius 1 is 1.27 bits per heavy atom. The van der Waals surface area contributed by atoms with E-state index in [0.29, 0.717) is 6.42 Å². The van der Waals surface area contributed by atoms with E-state index in [-0.39, 0.29) is 30.1 Å². The topological polar surface area (TPSA) is 259 Å². The number of esters is 1. The molecule has 2 unspecified atom stereocenters. The Bertz CT molecular complexity index is 1300. The van der Waals surface area contributed by atoms with Gasteiger partial charge in [0.2, 0.25) is 5.95 Å². The highest BCUT2D eigenvalue weighted by atomic mass is 31.2. The van der Waals surface area contributed by atoms with Gasteiger partial charge >= 0.3 is 21.2 Å². The molecular formula is C18H27N5O12P2. The number of methoxy groups -OCH3 is 1. The van der Waals surface area contributed by atoms with Gasteiger partial charge in [-0.2, -0.15) is 4.98 Å². The molecule has 0 radical (unpaired) electrons. The number of allylic oxidation sites excluding steroid dienone is 1. The van der Waals surface area contributed by atoms with Crippen LogP contribution in [0.2, 0.25) is 0 Å². The number of aromatic nitrogens is 4. The second-order valence-corrected chi connectivity index (χ2v) is 12.1.